The summed E-state index contributed by atoms with van der Waals surface area (Å²) in [5.41, 5.74) is 1.94. The minimum absolute atomic E-state index is 0.248. The number of benzene rings is 1. The first-order valence-corrected chi connectivity index (χ1v) is 7.39. The minimum Gasteiger partial charge on any atom is -0.391 e. The van der Waals surface area contributed by atoms with E-state index in [9.17, 15) is 13.5 Å². The third kappa shape index (κ3) is 1.99. The zero-order valence-corrected chi connectivity index (χ0v) is 10.2. The van der Waals surface area contributed by atoms with E-state index in [1.54, 1.807) is 0 Å². The Hall–Kier alpha value is -0.910. The van der Waals surface area contributed by atoms with E-state index in [-0.39, 0.29) is 5.25 Å². The molecule has 0 bridgehead atoms. The van der Waals surface area contributed by atoms with Crippen LogP contribution in [-0.4, -0.2) is 24.9 Å². The van der Waals surface area contributed by atoms with Crippen LogP contribution in [0.25, 0.3) is 0 Å². The van der Waals surface area contributed by atoms with Gasteiger partial charge in [-0.05, 0) is 24.0 Å². The molecule has 2 aliphatic rings. The summed E-state index contributed by atoms with van der Waals surface area (Å²) in [4.78, 5) is 0. The predicted molar refractivity (Wildman–Crippen MR) is 64.0 cm³/mol. The van der Waals surface area contributed by atoms with Gasteiger partial charge in [-0.15, -0.1) is 0 Å². The van der Waals surface area contributed by atoms with Crippen molar-refractivity contribution in [1.29, 1.82) is 0 Å². The highest BCUT2D eigenvalue weighted by atomic mass is 32.2. The highest BCUT2D eigenvalue weighted by Gasteiger charge is 2.40. The van der Waals surface area contributed by atoms with Crippen molar-refractivity contribution in [2.75, 3.05) is 0 Å². The summed E-state index contributed by atoms with van der Waals surface area (Å²) in [6, 6.07) is 7.12. The van der Waals surface area contributed by atoms with Gasteiger partial charge in [0.1, 0.15) is 0 Å². The maximum Gasteiger partial charge on any atom is 0.215 e. The monoisotopic (exact) mass is 253 g/mol. The molecule has 2 atom stereocenters. The second kappa shape index (κ2) is 3.80. The quantitative estimate of drug-likeness (QED) is 0.834. The summed E-state index contributed by atoms with van der Waals surface area (Å²) in [5.74, 6) is 0. The average molecular weight is 253 g/mol. The lowest BCUT2D eigenvalue weighted by molar-refractivity contribution is 0.151. The average Bonchev–Trinajstić information content (AvgIpc) is 3.07. The van der Waals surface area contributed by atoms with Crippen molar-refractivity contribution in [2.24, 2.45) is 0 Å². The van der Waals surface area contributed by atoms with Crippen LogP contribution in [0.5, 0.6) is 0 Å². The van der Waals surface area contributed by atoms with Gasteiger partial charge in [-0.2, -0.15) is 0 Å². The van der Waals surface area contributed by atoms with Gasteiger partial charge in [0.2, 0.25) is 10.0 Å². The molecule has 1 saturated carbocycles. The summed E-state index contributed by atoms with van der Waals surface area (Å²) >= 11 is 0. The number of nitrogens with one attached hydrogen (secondary N) is 1. The van der Waals surface area contributed by atoms with Gasteiger partial charge in [0, 0.05) is 6.42 Å². The number of sulfonamides is 1. The molecule has 5 heteroatoms. The van der Waals surface area contributed by atoms with Crippen LogP contribution in [0.15, 0.2) is 24.3 Å². The van der Waals surface area contributed by atoms with Crippen LogP contribution < -0.4 is 4.72 Å². The zero-order valence-electron chi connectivity index (χ0n) is 9.33. The molecule has 0 saturated heterocycles. The lowest BCUT2D eigenvalue weighted by Gasteiger charge is -2.17. The van der Waals surface area contributed by atoms with Crippen LogP contribution in [0.4, 0.5) is 0 Å². The van der Waals surface area contributed by atoms with Crippen LogP contribution in [0.3, 0.4) is 0 Å². The third-order valence-corrected chi connectivity index (χ3v) is 5.39. The Labute approximate surface area is 101 Å². The molecule has 1 fully saturated rings. The second-order valence-corrected chi connectivity index (χ2v) is 6.80. The molecule has 3 rings (SSSR count). The number of fused-ring (bicyclic) bond motifs is 1. The van der Waals surface area contributed by atoms with Crippen LogP contribution in [-0.2, 0) is 16.4 Å². The SMILES string of the molecule is O=S(=O)(NC1c2ccccc2CC1O)C1CC1. The van der Waals surface area contributed by atoms with Crippen molar-refractivity contribution in [3.05, 3.63) is 35.4 Å². The topological polar surface area (TPSA) is 66.4 Å². The lowest BCUT2D eigenvalue weighted by Crippen LogP contribution is -2.35. The van der Waals surface area contributed by atoms with Crippen LogP contribution in [0, 0.1) is 0 Å². The van der Waals surface area contributed by atoms with E-state index in [4.69, 9.17) is 0 Å². The summed E-state index contributed by atoms with van der Waals surface area (Å²) in [5, 5.41) is 9.70. The van der Waals surface area contributed by atoms with Crippen molar-refractivity contribution in [2.45, 2.75) is 36.7 Å². The van der Waals surface area contributed by atoms with Crippen molar-refractivity contribution < 1.29 is 13.5 Å². The molecule has 1 aromatic carbocycles. The van der Waals surface area contributed by atoms with Gasteiger partial charge in [0.05, 0.1) is 17.4 Å². The van der Waals surface area contributed by atoms with Crippen molar-refractivity contribution >= 4 is 10.0 Å². The van der Waals surface area contributed by atoms with Crippen molar-refractivity contribution in [3.63, 3.8) is 0 Å². The molecule has 4 nitrogen and oxygen atoms in total. The standard InChI is InChI=1S/C12H15NO3S/c14-11-7-8-3-1-2-4-10(8)12(11)13-17(15,16)9-5-6-9/h1-4,9,11-14H,5-7H2. The van der Waals surface area contributed by atoms with Crippen molar-refractivity contribution in [1.82, 2.24) is 4.72 Å². The first-order valence-electron chi connectivity index (χ1n) is 5.85. The van der Waals surface area contributed by atoms with Gasteiger partial charge in [-0.25, -0.2) is 13.1 Å². The lowest BCUT2D eigenvalue weighted by atomic mass is 10.1. The Kier molecular flexibility index (Phi) is 2.50. The predicted octanol–water partition coefficient (Wildman–Crippen LogP) is 0.727. The molecule has 2 N–H and O–H groups in total. The van der Waals surface area contributed by atoms with E-state index in [1.807, 2.05) is 24.3 Å². The molecule has 92 valence electrons. The molecule has 0 spiro atoms. The maximum absolute atomic E-state index is 11.9. The van der Waals surface area contributed by atoms with E-state index in [0.717, 1.165) is 24.0 Å². The van der Waals surface area contributed by atoms with Crippen LogP contribution >= 0.6 is 0 Å². The molecule has 2 unspecified atom stereocenters. The largest absolute Gasteiger partial charge is 0.391 e. The fourth-order valence-corrected chi connectivity index (χ4v) is 3.95. The van der Waals surface area contributed by atoms with Gasteiger partial charge in [-0.1, -0.05) is 24.3 Å². The van der Waals surface area contributed by atoms with E-state index in [1.165, 1.54) is 0 Å². The first kappa shape index (κ1) is 11.2. The molecule has 0 aliphatic heterocycles. The number of rotatable bonds is 3. The molecule has 1 aromatic rings. The van der Waals surface area contributed by atoms with Crippen LogP contribution in [0.1, 0.15) is 30.0 Å². The summed E-state index contributed by atoms with van der Waals surface area (Å²) in [7, 11) is -3.26. The van der Waals surface area contributed by atoms with E-state index in [2.05, 4.69) is 4.72 Å². The Morgan fingerprint density at radius 1 is 1.24 bits per heavy atom. The Bertz CT molecular complexity index is 536. The van der Waals surface area contributed by atoms with E-state index < -0.39 is 22.2 Å². The van der Waals surface area contributed by atoms with Gasteiger partial charge in [-0.3, -0.25) is 0 Å². The summed E-state index contributed by atoms with van der Waals surface area (Å²) < 4.78 is 26.4. The Balaban J connectivity index is 1.88. The number of aliphatic hydroxyl groups excluding tert-OH is 1. The first-order chi connectivity index (χ1) is 8.08. The maximum atomic E-state index is 11.9. The van der Waals surface area contributed by atoms with E-state index >= 15 is 0 Å². The van der Waals surface area contributed by atoms with Gasteiger partial charge < -0.3 is 5.11 Å². The molecule has 0 radical (unpaired) electrons. The molecule has 17 heavy (non-hydrogen) atoms. The Morgan fingerprint density at radius 3 is 2.65 bits per heavy atom. The van der Waals surface area contributed by atoms with E-state index in [0.29, 0.717) is 6.42 Å². The Morgan fingerprint density at radius 2 is 1.94 bits per heavy atom. The fraction of sp³-hybridized carbons (Fsp3) is 0.500. The highest BCUT2D eigenvalue weighted by molar-refractivity contribution is 7.90. The molecular formula is C12H15NO3S. The van der Waals surface area contributed by atoms with Gasteiger partial charge in [0.25, 0.3) is 0 Å². The minimum atomic E-state index is -3.26. The highest BCUT2D eigenvalue weighted by Crippen LogP contribution is 2.34. The number of hydrogen-bond donors (Lipinski definition) is 2. The fourth-order valence-electron chi connectivity index (χ4n) is 2.37. The summed E-state index contributed by atoms with van der Waals surface area (Å²) in [6.07, 6.45) is 1.34. The molecule has 0 aromatic heterocycles. The smallest absolute Gasteiger partial charge is 0.215 e. The third-order valence-electron chi connectivity index (χ3n) is 3.46. The molecule has 0 heterocycles. The van der Waals surface area contributed by atoms with Gasteiger partial charge in [0.15, 0.2) is 0 Å². The van der Waals surface area contributed by atoms with Crippen LogP contribution in [0.2, 0.25) is 0 Å². The zero-order chi connectivity index (χ0) is 12.0. The summed E-state index contributed by atoms with van der Waals surface area (Å²) in [6.45, 7) is 0. The van der Waals surface area contributed by atoms with Crippen molar-refractivity contribution in [3.8, 4) is 0 Å². The molecular weight excluding hydrogens is 238 g/mol. The molecule has 0 amide bonds. The normalized spacial score (nSPS) is 28.1. The second-order valence-electron chi connectivity index (χ2n) is 4.81. The van der Waals surface area contributed by atoms with Gasteiger partial charge >= 0.3 is 0 Å². The molecule has 2 aliphatic carbocycles. The number of aliphatic hydroxyl groups is 1. The number of hydrogen-bond acceptors (Lipinski definition) is 3.